The van der Waals surface area contributed by atoms with Crippen LogP contribution >= 0.6 is 0 Å². The lowest BCUT2D eigenvalue weighted by atomic mass is 10.1. The summed E-state index contributed by atoms with van der Waals surface area (Å²) in [5.41, 5.74) is 4.09. The number of unbranched alkanes of at least 4 members (excludes halogenated alkanes) is 1. The van der Waals surface area contributed by atoms with Crippen LogP contribution in [0.25, 0.3) is 22.3 Å². The van der Waals surface area contributed by atoms with Crippen molar-refractivity contribution >= 4 is 28.7 Å². The Morgan fingerprint density at radius 3 is 2.47 bits per heavy atom. The SMILES string of the molecule is CCCCOC(=O)N1CCN(Cc2ccc3cc(-c4ccccc4NC(=O)c4ccccc4)oc3c2)CC1. The smallest absolute Gasteiger partial charge is 0.409 e. The molecule has 1 fully saturated rings. The highest BCUT2D eigenvalue weighted by molar-refractivity contribution is 6.06. The summed E-state index contributed by atoms with van der Waals surface area (Å²) in [6.45, 7) is 6.31. The van der Waals surface area contributed by atoms with E-state index in [2.05, 4.69) is 35.3 Å². The maximum absolute atomic E-state index is 12.7. The Hall–Kier alpha value is -4.10. The molecule has 196 valence electrons. The summed E-state index contributed by atoms with van der Waals surface area (Å²) in [4.78, 5) is 29.1. The Bertz CT molecular complexity index is 1390. The molecule has 0 bridgehead atoms. The number of ether oxygens (including phenoxy) is 1. The van der Waals surface area contributed by atoms with E-state index >= 15 is 0 Å². The highest BCUT2D eigenvalue weighted by Gasteiger charge is 2.22. The summed E-state index contributed by atoms with van der Waals surface area (Å²) < 4.78 is 11.6. The van der Waals surface area contributed by atoms with Gasteiger partial charge in [-0.3, -0.25) is 9.69 Å². The predicted octanol–water partition coefficient (Wildman–Crippen LogP) is 6.41. The van der Waals surface area contributed by atoms with Gasteiger partial charge in [-0.2, -0.15) is 0 Å². The summed E-state index contributed by atoms with van der Waals surface area (Å²) in [5.74, 6) is 0.544. The van der Waals surface area contributed by atoms with Crippen LogP contribution in [0.1, 0.15) is 35.7 Å². The summed E-state index contributed by atoms with van der Waals surface area (Å²) in [6, 6.07) is 25.1. The molecule has 1 aromatic heterocycles. The van der Waals surface area contributed by atoms with Crippen molar-refractivity contribution in [2.24, 2.45) is 0 Å². The molecule has 2 heterocycles. The highest BCUT2D eigenvalue weighted by Crippen LogP contribution is 2.33. The molecule has 0 atom stereocenters. The van der Waals surface area contributed by atoms with E-state index in [1.807, 2.05) is 48.5 Å². The molecular formula is C31H33N3O4. The fraction of sp³-hybridized carbons (Fsp3) is 0.290. The number of fused-ring (bicyclic) bond motifs is 1. The number of rotatable bonds is 8. The maximum atomic E-state index is 12.7. The third kappa shape index (κ3) is 6.06. The molecule has 0 saturated carbocycles. The second kappa shape index (κ2) is 12.0. The molecule has 0 spiro atoms. The van der Waals surface area contributed by atoms with Crippen LogP contribution in [0.5, 0.6) is 0 Å². The van der Waals surface area contributed by atoms with Crippen molar-refractivity contribution in [2.75, 3.05) is 38.1 Å². The van der Waals surface area contributed by atoms with Gasteiger partial charge in [0, 0.05) is 49.2 Å². The monoisotopic (exact) mass is 511 g/mol. The Labute approximate surface area is 223 Å². The van der Waals surface area contributed by atoms with Crippen LogP contribution in [0.4, 0.5) is 10.5 Å². The molecule has 1 N–H and O–H groups in total. The Morgan fingerprint density at radius 1 is 0.921 bits per heavy atom. The van der Waals surface area contributed by atoms with E-state index in [4.69, 9.17) is 9.15 Å². The number of amides is 2. The van der Waals surface area contributed by atoms with Crippen molar-refractivity contribution in [2.45, 2.75) is 26.3 Å². The van der Waals surface area contributed by atoms with Crippen LogP contribution in [0.3, 0.4) is 0 Å². The lowest BCUT2D eigenvalue weighted by Gasteiger charge is -2.34. The lowest BCUT2D eigenvalue weighted by Crippen LogP contribution is -2.48. The quantitative estimate of drug-likeness (QED) is 0.277. The molecule has 38 heavy (non-hydrogen) atoms. The number of nitrogens with one attached hydrogen (secondary N) is 1. The molecule has 7 nitrogen and oxygen atoms in total. The van der Waals surface area contributed by atoms with Gasteiger partial charge in [-0.05, 0) is 48.4 Å². The number of nitrogens with zero attached hydrogens (tertiary/aromatic N) is 2. The van der Waals surface area contributed by atoms with Crippen molar-refractivity contribution in [3.8, 4) is 11.3 Å². The lowest BCUT2D eigenvalue weighted by molar-refractivity contribution is 0.0737. The number of carbonyl (C=O) groups is 2. The van der Waals surface area contributed by atoms with Crippen molar-refractivity contribution < 1.29 is 18.7 Å². The van der Waals surface area contributed by atoms with Gasteiger partial charge in [0.15, 0.2) is 0 Å². The van der Waals surface area contributed by atoms with Gasteiger partial charge < -0.3 is 19.4 Å². The van der Waals surface area contributed by atoms with Gasteiger partial charge in [-0.25, -0.2) is 4.79 Å². The molecule has 0 radical (unpaired) electrons. The van der Waals surface area contributed by atoms with E-state index in [9.17, 15) is 9.59 Å². The zero-order valence-corrected chi connectivity index (χ0v) is 21.7. The predicted molar refractivity (Wildman–Crippen MR) is 149 cm³/mol. The zero-order chi connectivity index (χ0) is 26.3. The third-order valence-corrected chi connectivity index (χ3v) is 6.82. The number of carbonyl (C=O) groups excluding carboxylic acids is 2. The zero-order valence-electron chi connectivity index (χ0n) is 21.7. The second-order valence-electron chi connectivity index (χ2n) is 9.58. The number of piperazine rings is 1. The molecule has 4 aromatic rings. The standard InChI is InChI=1S/C31H33N3O4/c1-2-3-19-37-31(36)34-17-15-33(16-18-34)22-23-13-14-25-21-29(38-28(25)20-23)26-11-7-8-12-27(26)32-30(35)24-9-5-4-6-10-24/h4-14,20-21H,2-3,15-19,22H2,1H3,(H,32,35). The second-order valence-corrected chi connectivity index (χ2v) is 9.58. The molecular weight excluding hydrogens is 478 g/mol. The molecule has 0 aliphatic carbocycles. The molecule has 7 heteroatoms. The van der Waals surface area contributed by atoms with Gasteiger partial charge in [0.2, 0.25) is 0 Å². The molecule has 3 aromatic carbocycles. The number of para-hydroxylation sites is 1. The van der Waals surface area contributed by atoms with E-state index in [0.29, 0.717) is 36.7 Å². The van der Waals surface area contributed by atoms with Crippen molar-refractivity contribution in [3.63, 3.8) is 0 Å². The first-order chi connectivity index (χ1) is 18.6. The van der Waals surface area contributed by atoms with Crippen LogP contribution in [0, 0.1) is 0 Å². The number of hydrogen-bond donors (Lipinski definition) is 1. The number of hydrogen-bond acceptors (Lipinski definition) is 5. The van der Waals surface area contributed by atoms with E-state index in [-0.39, 0.29) is 12.0 Å². The topological polar surface area (TPSA) is 75.0 Å². The third-order valence-electron chi connectivity index (χ3n) is 6.82. The summed E-state index contributed by atoms with van der Waals surface area (Å²) in [7, 11) is 0. The van der Waals surface area contributed by atoms with Gasteiger partial charge >= 0.3 is 6.09 Å². The largest absolute Gasteiger partial charge is 0.456 e. The van der Waals surface area contributed by atoms with E-state index in [0.717, 1.165) is 54.6 Å². The van der Waals surface area contributed by atoms with Crippen molar-refractivity contribution in [1.82, 2.24) is 9.80 Å². The Balaban J connectivity index is 1.24. The van der Waals surface area contributed by atoms with Gasteiger partial charge in [0.25, 0.3) is 5.91 Å². The van der Waals surface area contributed by atoms with Crippen LogP contribution in [-0.4, -0.2) is 54.6 Å². The molecule has 1 saturated heterocycles. The average molecular weight is 512 g/mol. The van der Waals surface area contributed by atoms with E-state index < -0.39 is 0 Å². The maximum Gasteiger partial charge on any atom is 0.409 e. The molecule has 0 unspecified atom stereocenters. The summed E-state index contributed by atoms with van der Waals surface area (Å²) >= 11 is 0. The van der Waals surface area contributed by atoms with Gasteiger partial charge in [0.05, 0.1) is 12.3 Å². The highest BCUT2D eigenvalue weighted by atomic mass is 16.6. The fourth-order valence-corrected chi connectivity index (χ4v) is 4.64. The first-order valence-corrected chi connectivity index (χ1v) is 13.2. The first kappa shape index (κ1) is 25.5. The van der Waals surface area contributed by atoms with Crippen molar-refractivity contribution in [1.29, 1.82) is 0 Å². The minimum Gasteiger partial charge on any atom is -0.456 e. The fourth-order valence-electron chi connectivity index (χ4n) is 4.64. The Morgan fingerprint density at radius 2 is 1.68 bits per heavy atom. The normalized spacial score (nSPS) is 14.0. The van der Waals surface area contributed by atoms with Crippen LogP contribution in [0.2, 0.25) is 0 Å². The van der Waals surface area contributed by atoms with Crippen LogP contribution in [-0.2, 0) is 11.3 Å². The number of benzene rings is 3. The molecule has 1 aliphatic rings. The van der Waals surface area contributed by atoms with Crippen LogP contribution in [0.15, 0.2) is 83.3 Å². The minimum atomic E-state index is -0.206. The van der Waals surface area contributed by atoms with E-state index in [1.165, 1.54) is 0 Å². The summed E-state index contributed by atoms with van der Waals surface area (Å²) in [5, 5.41) is 4.03. The van der Waals surface area contributed by atoms with Crippen LogP contribution < -0.4 is 5.32 Å². The van der Waals surface area contributed by atoms with E-state index in [1.54, 1.807) is 17.0 Å². The molecule has 1 aliphatic heterocycles. The van der Waals surface area contributed by atoms with Gasteiger partial charge in [-0.1, -0.05) is 55.8 Å². The average Bonchev–Trinajstić information content (AvgIpc) is 3.37. The molecule has 2 amide bonds. The van der Waals surface area contributed by atoms with Gasteiger partial charge in [0.1, 0.15) is 11.3 Å². The Kier molecular flexibility index (Phi) is 8.04. The first-order valence-electron chi connectivity index (χ1n) is 13.2. The van der Waals surface area contributed by atoms with Gasteiger partial charge in [-0.15, -0.1) is 0 Å². The number of furan rings is 1. The van der Waals surface area contributed by atoms with Crippen molar-refractivity contribution in [3.05, 3.63) is 90.0 Å². The summed E-state index contributed by atoms with van der Waals surface area (Å²) in [6.07, 6.45) is 1.71. The molecule has 5 rings (SSSR count). The number of anilines is 1. The minimum absolute atomic E-state index is 0.161.